The van der Waals surface area contributed by atoms with Crippen LogP contribution in [0.3, 0.4) is 0 Å². The Balaban J connectivity index is 1.58. The molecule has 0 amide bonds. The fourth-order valence-electron chi connectivity index (χ4n) is 5.19. The molecule has 2 aromatic carbocycles. The van der Waals surface area contributed by atoms with Crippen molar-refractivity contribution in [2.24, 2.45) is 17.3 Å². The summed E-state index contributed by atoms with van der Waals surface area (Å²) in [6.45, 7) is 3.97. The molecule has 0 N–H and O–H groups in total. The molecule has 0 heterocycles. The molecule has 0 radical (unpaired) electrons. The molecule has 140 valence electrons. The molecular formula is C24H25ClO2. The Kier molecular flexibility index (Phi) is 4.71. The zero-order chi connectivity index (χ0) is 19.2. The summed E-state index contributed by atoms with van der Waals surface area (Å²) in [6.07, 6.45) is 4.07. The SMILES string of the molecule is CC1C(=O)c2ccccc2C(=O)C1(C)C1CCC(c2ccc(Cl)cc2)CC1. The Hall–Kier alpha value is -1.93. The number of fused-ring (bicyclic) bond motifs is 1. The number of carbonyl (C=O) groups excluding carboxylic acids is 2. The van der Waals surface area contributed by atoms with Gasteiger partial charge in [0.1, 0.15) is 0 Å². The first-order valence-electron chi connectivity index (χ1n) is 9.86. The van der Waals surface area contributed by atoms with Crippen molar-refractivity contribution in [2.45, 2.75) is 45.4 Å². The quantitative estimate of drug-likeness (QED) is 0.609. The molecule has 27 heavy (non-hydrogen) atoms. The summed E-state index contributed by atoms with van der Waals surface area (Å²) in [5, 5.41) is 0.763. The number of halogens is 1. The van der Waals surface area contributed by atoms with Crippen LogP contribution in [-0.4, -0.2) is 11.6 Å². The topological polar surface area (TPSA) is 34.1 Å². The lowest BCUT2D eigenvalue weighted by Crippen LogP contribution is -2.49. The highest BCUT2D eigenvalue weighted by Crippen LogP contribution is 2.51. The summed E-state index contributed by atoms with van der Waals surface area (Å²) in [6, 6.07) is 15.4. The van der Waals surface area contributed by atoms with Gasteiger partial charge in [0.2, 0.25) is 0 Å². The largest absolute Gasteiger partial charge is 0.294 e. The van der Waals surface area contributed by atoms with Crippen molar-refractivity contribution in [1.82, 2.24) is 0 Å². The van der Waals surface area contributed by atoms with Gasteiger partial charge in [-0.1, -0.05) is 61.8 Å². The molecule has 2 unspecified atom stereocenters. The predicted molar refractivity (Wildman–Crippen MR) is 109 cm³/mol. The van der Waals surface area contributed by atoms with Crippen molar-refractivity contribution in [3.05, 3.63) is 70.2 Å². The number of ketones is 2. The average Bonchev–Trinajstić information content (AvgIpc) is 2.71. The van der Waals surface area contributed by atoms with Crippen LogP contribution in [0, 0.1) is 17.3 Å². The minimum absolute atomic E-state index is 0.118. The van der Waals surface area contributed by atoms with Gasteiger partial charge in [-0.05, 0) is 55.2 Å². The summed E-state index contributed by atoms with van der Waals surface area (Å²) < 4.78 is 0. The third-order valence-corrected chi connectivity index (χ3v) is 7.39. The summed E-state index contributed by atoms with van der Waals surface area (Å²) >= 11 is 6.01. The Labute approximate surface area is 165 Å². The highest BCUT2D eigenvalue weighted by molar-refractivity contribution is 6.30. The Morgan fingerprint density at radius 2 is 1.48 bits per heavy atom. The smallest absolute Gasteiger partial charge is 0.170 e. The molecule has 2 aliphatic carbocycles. The van der Waals surface area contributed by atoms with Gasteiger partial charge in [-0.15, -0.1) is 0 Å². The summed E-state index contributed by atoms with van der Waals surface area (Å²) in [5.41, 5.74) is 1.94. The van der Waals surface area contributed by atoms with Crippen molar-refractivity contribution in [1.29, 1.82) is 0 Å². The molecule has 1 saturated carbocycles. The molecule has 3 heteroatoms. The first-order valence-corrected chi connectivity index (χ1v) is 10.2. The van der Waals surface area contributed by atoms with E-state index in [0.717, 1.165) is 30.7 Å². The maximum absolute atomic E-state index is 13.4. The van der Waals surface area contributed by atoms with Gasteiger partial charge < -0.3 is 0 Å². The Bertz CT molecular complexity index is 878. The molecule has 2 aliphatic rings. The zero-order valence-electron chi connectivity index (χ0n) is 15.9. The molecule has 2 aromatic rings. The van der Waals surface area contributed by atoms with E-state index in [4.69, 9.17) is 11.6 Å². The van der Waals surface area contributed by atoms with Gasteiger partial charge in [0, 0.05) is 27.5 Å². The molecule has 2 atom stereocenters. The van der Waals surface area contributed by atoms with Gasteiger partial charge in [-0.25, -0.2) is 0 Å². The van der Waals surface area contributed by atoms with Gasteiger partial charge in [-0.2, -0.15) is 0 Å². The summed E-state index contributed by atoms with van der Waals surface area (Å²) in [4.78, 5) is 26.4. The summed E-state index contributed by atoms with van der Waals surface area (Å²) in [5.74, 6) is 0.768. The fraction of sp³-hybridized carbons (Fsp3) is 0.417. The monoisotopic (exact) mass is 380 g/mol. The zero-order valence-corrected chi connectivity index (χ0v) is 16.6. The van der Waals surface area contributed by atoms with Crippen LogP contribution in [0.1, 0.15) is 71.7 Å². The lowest BCUT2D eigenvalue weighted by atomic mass is 9.55. The van der Waals surface area contributed by atoms with Crippen LogP contribution in [0.2, 0.25) is 5.02 Å². The lowest BCUT2D eigenvalue weighted by molar-refractivity contribution is 0.0365. The number of carbonyl (C=O) groups is 2. The van der Waals surface area contributed by atoms with Crippen LogP contribution in [0.15, 0.2) is 48.5 Å². The highest BCUT2D eigenvalue weighted by atomic mass is 35.5. The molecule has 0 saturated heterocycles. The van der Waals surface area contributed by atoms with E-state index in [1.54, 1.807) is 6.07 Å². The van der Waals surface area contributed by atoms with Crippen LogP contribution in [0.4, 0.5) is 0 Å². The van der Waals surface area contributed by atoms with E-state index in [0.29, 0.717) is 17.0 Å². The van der Waals surface area contributed by atoms with E-state index in [-0.39, 0.29) is 23.4 Å². The predicted octanol–water partition coefficient (Wildman–Crippen LogP) is 6.34. The van der Waals surface area contributed by atoms with Gasteiger partial charge in [0.15, 0.2) is 11.6 Å². The molecule has 0 aliphatic heterocycles. The normalized spacial score (nSPS) is 30.9. The number of hydrogen-bond donors (Lipinski definition) is 0. The minimum atomic E-state index is -0.601. The Morgan fingerprint density at radius 1 is 0.889 bits per heavy atom. The van der Waals surface area contributed by atoms with Crippen molar-refractivity contribution >= 4 is 23.2 Å². The van der Waals surface area contributed by atoms with E-state index in [2.05, 4.69) is 12.1 Å². The van der Waals surface area contributed by atoms with Crippen LogP contribution in [-0.2, 0) is 0 Å². The molecule has 4 rings (SSSR count). The van der Waals surface area contributed by atoms with E-state index in [1.165, 1.54) is 5.56 Å². The fourth-order valence-corrected chi connectivity index (χ4v) is 5.31. The van der Waals surface area contributed by atoms with Gasteiger partial charge in [0.25, 0.3) is 0 Å². The third kappa shape index (κ3) is 2.95. The van der Waals surface area contributed by atoms with Crippen LogP contribution in [0.25, 0.3) is 0 Å². The minimum Gasteiger partial charge on any atom is -0.294 e. The second-order valence-corrected chi connectivity index (χ2v) is 8.78. The van der Waals surface area contributed by atoms with E-state index in [1.807, 2.05) is 44.2 Å². The first kappa shape index (κ1) is 18.4. The maximum Gasteiger partial charge on any atom is 0.170 e. The molecule has 0 bridgehead atoms. The molecule has 0 spiro atoms. The second kappa shape index (κ2) is 6.91. The molecule has 1 fully saturated rings. The van der Waals surface area contributed by atoms with Crippen molar-refractivity contribution in [3.63, 3.8) is 0 Å². The van der Waals surface area contributed by atoms with E-state index < -0.39 is 5.41 Å². The number of Topliss-reactive ketones (excluding diaryl/α,β-unsaturated/α-hetero) is 2. The first-order chi connectivity index (χ1) is 12.9. The molecule has 0 aromatic heterocycles. The summed E-state index contributed by atoms with van der Waals surface area (Å²) in [7, 11) is 0. The number of hydrogen-bond acceptors (Lipinski definition) is 2. The highest BCUT2D eigenvalue weighted by Gasteiger charge is 2.52. The van der Waals surface area contributed by atoms with Crippen LogP contribution < -0.4 is 0 Å². The second-order valence-electron chi connectivity index (χ2n) is 8.34. The van der Waals surface area contributed by atoms with E-state index in [9.17, 15) is 9.59 Å². The van der Waals surface area contributed by atoms with Gasteiger partial charge in [0.05, 0.1) is 0 Å². The van der Waals surface area contributed by atoms with Crippen molar-refractivity contribution in [2.75, 3.05) is 0 Å². The maximum atomic E-state index is 13.4. The third-order valence-electron chi connectivity index (χ3n) is 7.14. The Morgan fingerprint density at radius 3 is 2.11 bits per heavy atom. The van der Waals surface area contributed by atoms with Gasteiger partial charge in [-0.3, -0.25) is 9.59 Å². The molecule has 2 nitrogen and oxygen atoms in total. The average molecular weight is 381 g/mol. The number of rotatable bonds is 2. The molecular weight excluding hydrogens is 356 g/mol. The van der Waals surface area contributed by atoms with Crippen LogP contribution in [0.5, 0.6) is 0 Å². The standard InChI is InChI=1S/C24H25ClO2/c1-15-22(26)20-5-3-4-6-21(20)23(27)24(15,2)18-11-7-16(8-12-18)17-9-13-19(25)14-10-17/h3-6,9-10,13-16,18H,7-8,11-12H2,1-2H3. The number of benzene rings is 2. The van der Waals surface area contributed by atoms with Crippen molar-refractivity contribution in [3.8, 4) is 0 Å². The van der Waals surface area contributed by atoms with Crippen LogP contribution >= 0.6 is 11.6 Å². The lowest BCUT2D eigenvalue weighted by Gasteiger charge is -2.46. The van der Waals surface area contributed by atoms with E-state index >= 15 is 0 Å². The van der Waals surface area contributed by atoms with Crippen molar-refractivity contribution < 1.29 is 9.59 Å². The van der Waals surface area contributed by atoms with Gasteiger partial charge >= 0.3 is 0 Å².